The Hall–Kier alpha value is -2.70. The van der Waals surface area contributed by atoms with Gasteiger partial charge in [0.1, 0.15) is 17.2 Å². The standard InChI is InChI=1S/C20H20F2N4O/c21-19(22)27-13-6-7-18-23-11-15(26(18)12-13)14-3-1-5-17(24-14)25-16-4-2-8-20(16)9-10-20/h1,3,5-7,11-12,16,19H,2,4,8-10H2,(H,24,25)/t16-/m0/s1. The van der Waals surface area contributed by atoms with E-state index in [4.69, 9.17) is 4.98 Å². The van der Waals surface area contributed by atoms with Crippen molar-refractivity contribution in [2.24, 2.45) is 5.41 Å². The van der Waals surface area contributed by atoms with Crippen LogP contribution in [0, 0.1) is 5.41 Å². The van der Waals surface area contributed by atoms with Crippen molar-refractivity contribution in [3.05, 3.63) is 42.7 Å². The van der Waals surface area contributed by atoms with E-state index in [1.54, 1.807) is 16.7 Å². The van der Waals surface area contributed by atoms with E-state index >= 15 is 0 Å². The first-order valence-electron chi connectivity index (χ1n) is 9.29. The maximum Gasteiger partial charge on any atom is 0.387 e. The van der Waals surface area contributed by atoms with Crippen molar-refractivity contribution in [2.75, 3.05) is 5.32 Å². The van der Waals surface area contributed by atoms with Crippen molar-refractivity contribution in [2.45, 2.75) is 44.8 Å². The van der Waals surface area contributed by atoms with Crippen LogP contribution in [-0.4, -0.2) is 27.0 Å². The van der Waals surface area contributed by atoms with E-state index in [9.17, 15) is 8.78 Å². The molecule has 0 radical (unpaired) electrons. The van der Waals surface area contributed by atoms with Crippen molar-refractivity contribution in [3.8, 4) is 17.1 Å². The highest BCUT2D eigenvalue weighted by Gasteiger charge is 2.51. The molecule has 2 aliphatic rings. The molecule has 0 bridgehead atoms. The summed E-state index contributed by atoms with van der Waals surface area (Å²) in [6.07, 6.45) is 9.61. The van der Waals surface area contributed by atoms with Crippen LogP contribution in [0.2, 0.25) is 0 Å². The second kappa shape index (κ2) is 6.18. The van der Waals surface area contributed by atoms with Crippen LogP contribution in [0.3, 0.4) is 0 Å². The number of nitrogens with one attached hydrogen (secondary N) is 1. The number of ether oxygens (including phenoxy) is 1. The van der Waals surface area contributed by atoms with Crippen LogP contribution in [0.5, 0.6) is 5.75 Å². The minimum absolute atomic E-state index is 0.0904. The maximum absolute atomic E-state index is 12.5. The van der Waals surface area contributed by atoms with Crippen LogP contribution in [-0.2, 0) is 0 Å². The number of alkyl halides is 2. The van der Waals surface area contributed by atoms with Gasteiger partial charge >= 0.3 is 6.61 Å². The summed E-state index contributed by atoms with van der Waals surface area (Å²) in [4.78, 5) is 9.09. The topological polar surface area (TPSA) is 51.5 Å². The second-order valence-electron chi connectivity index (χ2n) is 7.47. The highest BCUT2D eigenvalue weighted by Crippen LogP contribution is 2.58. The monoisotopic (exact) mass is 370 g/mol. The Kier molecular flexibility index (Phi) is 3.77. The largest absolute Gasteiger partial charge is 0.433 e. The van der Waals surface area contributed by atoms with Crippen LogP contribution < -0.4 is 10.1 Å². The highest BCUT2D eigenvalue weighted by molar-refractivity contribution is 5.62. The first kappa shape index (κ1) is 16.5. The lowest BCUT2D eigenvalue weighted by Crippen LogP contribution is -2.25. The quantitative estimate of drug-likeness (QED) is 0.705. The summed E-state index contributed by atoms with van der Waals surface area (Å²) in [6.45, 7) is -2.86. The number of aromatic nitrogens is 3. The average Bonchev–Trinajstić information content (AvgIpc) is 3.15. The number of halogens is 2. The fourth-order valence-electron chi connectivity index (χ4n) is 4.28. The highest BCUT2D eigenvalue weighted by atomic mass is 19.3. The van der Waals surface area contributed by atoms with Gasteiger partial charge in [0, 0.05) is 6.04 Å². The van der Waals surface area contributed by atoms with Crippen molar-refractivity contribution >= 4 is 11.5 Å². The Morgan fingerprint density at radius 1 is 1.19 bits per heavy atom. The molecule has 3 heterocycles. The molecule has 7 heteroatoms. The van der Waals surface area contributed by atoms with Gasteiger partial charge in [-0.25, -0.2) is 9.97 Å². The number of nitrogens with zero attached hydrogens (tertiary/aromatic N) is 3. The molecule has 1 atom stereocenters. The van der Waals surface area contributed by atoms with Gasteiger partial charge in [0.25, 0.3) is 0 Å². The molecule has 0 saturated heterocycles. The number of fused-ring (bicyclic) bond motifs is 1. The van der Waals surface area contributed by atoms with Crippen LogP contribution in [0.1, 0.15) is 32.1 Å². The lowest BCUT2D eigenvalue weighted by atomic mass is 10.0. The molecule has 0 amide bonds. The molecule has 2 saturated carbocycles. The molecule has 140 valence electrons. The molecular weight excluding hydrogens is 350 g/mol. The lowest BCUT2D eigenvalue weighted by molar-refractivity contribution is -0.0501. The van der Waals surface area contributed by atoms with Crippen LogP contribution >= 0.6 is 0 Å². The van der Waals surface area contributed by atoms with Gasteiger partial charge in [0.05, 0.1) is 23.8 Å². The van der Waals surface area contributed by atoms with E-state index in [0.717, 1.165) is 17.2 Å². The average molecular weight is 370 g/mol. The summed E-state index contributed by atoms with van der Waals surface area (Å²) in [5.74, 6) is 0.938. The number of imidazole rings is 1. The Bertz CT molecular complexity index is 983. The van der Waals surface area contributed by atoms with Crippen molar-refractivity contribution in [1.82, 2.24) is 14.4 Å². The molecule has 1 N–H and O–H groups in total. The number of hydrogen-bond donors (Lipinski definition) is 1. The molecule has 5 rings (SSSR count). The summed E-state index contributed by atoms with van der Waals surface area (Å²) >= 11 is 0. The molecule has 0 unspecified atom stereocenters. The maximum atomic E-state index is 12.5. The normalized spacial score (nSPS) is 20.5. The Balaban J connectivity index is 1.46. The molecule has 3 aromatic heterocycles. The molecule has 1 spiro atoms. The minimum Gasteiger partial charge on any atom is -0.433 e. The molecule has 0 aliphatic heterocycles. The second-order valence-corrected chi connectivity index (χ2v) is 7.47. The Morgan fingerprint density at radius 3 is 2.89 bits per heavy atom. The van der Waals surface area contributed by atoms with Crippen LogP contribution in [0.15, 0.2) is 42.7 Å². The van der Waals surface area contributed by atoms with E-state index in [0.29, 0.717) is 17.1 Å². The van der Waals surface area contributed by atoms with E-state index in [-0.39, 0.29) is 5.75 Å². The number of pyridine rings is 2. The van der Waals surface area contributed by atoms with E-state index in [2.05, 4.69) is 15.0 Å². The zero-order chi connectivity index (χ0) is 18.4. The molecule has 3 aromatic rings. The lowest BCUT2D eigenvalue weighted by Gasteiger charge is -2.20. The molecular formula is C20H20F2N4O. The molecule has 0 aromatic carbocycles. The summed E-state index contributed by atoms with van der Waals surface area (Å²) in [7, 11) is 0. The summed E-state index contributed by atoms with van der Waals surface area (Å²) in [5, 5.41) is 3.62. The first-order valence-corrected chi connectivity index (χ1v) is 9.29. The third-order valence-corrected chi connectivity index (χ3v) is 5.84. The van der Waals surface area contributed by atoms with E-state index in [1.807, 2.05) is 18.2 Å². The molecule has 2 aliphatic carbocycles. The fraction of sp³-hybridized carbons (Fsp3) is 0.400. The van der Waals surface area contributed by atoms with Crippen LogP contribution in [0.4, 0.5) is 14.6 Å². The van der Waals surface area contributed by atoms with Gasteiger partial charge in [0.15, 0.2) is 0 Å². The van der Waals surface area contributed by atoms with Crippen molar-refractivity contribution < 1.29 is 13.5 Å². The smallest absolute Gasteiger partial charge is 0.387 e. The minimum atomic E-state index is -2.86. The van der Waals surface area contributed by atoms with Gasteiger partial charge < -0.3 is 10.1 Å². The number of hydrogen-bond acceptors (Lipinski definition) is 4. The van der Waals surface area contributed by atoms with Crippen molar-refractivity contribution in [1.29, 1.82) is 0 Å². The molecule has 2 fully saturated rings. The fourth-order valence-corrected chi connectivity index (χ4v) is 4.28. The molecule has 5 nitrogen and oxygen atoms in total. The Morgan fingerprint density at radius 2 is 2.07 bits per heavy atom. The summed E-state index contributed by atoms with van der Waals surface area (Å²) in [6, 6.07) is 9.47. The Labute approximate surface area is 155 Å². The van der Waals surface area contributed by atoms with Gasteiger partial charge in [0.2, 0.25) is 0 Å². The zero-order valence-corrected chi connectivity index (χ0v) is 14.7. The summed E-state index contributed by atoms with van der Waals surface area (Å²) in [5.41, 5.74) is 2.62. The third kappa shape index (κ3) is 3.01. The third-order valence-electron chi connectivity index (χ3n) is 5.84. The van der Waals surface area contributed by atoms with Gasteiger partial charge in [-0.3, -0.25) is 4.40 Å². The summed E-state index contributed by atoms with van der Waals surface area (Å²) < 4.78 is 31.3. The predicted octanol–water partition coefficient (Wildman–Crippen LogP) is 4.74. The first-order chi connectivity index (χ1) is 13.1. The number of anilines is 1. The molecule has 27 heavy (non-hydrogen) atoms. The van der Waals surface area contributed by atoms with Gasteiger partial charge in [-0.2, -0.15) is 8.78 Å². The zero-order valence-electron chi connectivity index (χ0n) is 14.7. The predicted molar refractivity (Wildman–Crippen MR) is 98.0 cm³/mol. The van der Waals surface area contributed by atoms with Gasteiger partial charge in [-0.05, 0) is 55.4 Å². The van der Waals surface area contributed by atoms with Crippen LogP contribution in [0.25, 0.3) is 17.0 Å². The SMILES string of the molecule is FC(F)Oc1ccc2ncc(-c3cccc(N[C@H]4CCCC45CC5)n3)n2c1. The number of rotatable bonds is 5. The van der Waals surface area contributed by atoms with E-state index in [1.165, 1.54) is 44.4 Å². The van der Waals surface area contributed by atoms with Gasteiger partial charge in [-0.15, -0.1) is 0 Å². The van der Waals surface area contributed by atoms with E-state index < -0.39 is 6.61 Å². The van der Waals surface area contributed by atoms with Crippen molar-refractivity contribution in [3.63, 3.8) is 0 Å². The van der Waals surface area contributed by atoms with Gasteiger partial charge in [-0.1, -0.05) is 12.5 Å².